The van der Waals surface area contributed by atoms with Crippen molar-refractivity contribution in [1.29, 1.82) is 0 Å². The van der Waals surface area contributed by atoms with Crippen LogP contribution in [0.4, 0.5) is 5.69 Å². The van der Waals surface area contributed by atoms with Gasteiger partial charge in [-0.2, -0.15) is 0 Å². The van der Waals surface area contributed by atoms with Crippen LogP contribution < -0.4 is 15.8 Å². The van der Waals surface area contributed by atoms with Gasteiger partial charge >= 0.3 is 0 Å². The van der Waals surface area contributed by atoms with E-state index in [1.54, 1.807) is 31.4 Å². The van der Waals surface area contributed by atoms with Crippen molar-refractivity contribution in [1.82, 2.24) is 0 Å². The van der Waals surface area contributed by atoms with Gasteiger partial charge in [0.1, 0.15) is 5.75 Å². The molecule has 3 N–H and O–H groups in total. The van der Waals surface area contributed by atoms with Crippen molar-refractivity contribution in [2.24, 2.45) is 5.73 Å². The third-order valence-electron chi connectivity index (χ3n) is 2.13. The normalized spacial score (nSPS) is 11.9. The predicted octanol–water partition coefficient (Wildman–Crippen LogP) is 1.37. The standard InChI is InChI=1S/C11H16N2O2/c1-3-10(12)11(14)13-8-4-6-9(15-2)7-5-8/h4-7,10H,3,12H2,1-2H3,(H,13,14). The van der Waals surface area contributed by atoms with Gasteiger partial charge in [-0.3, -0.25) is 4.79 Å². The quantitative estimate of drug-likeness (QED) is 0.785. The number of benzene rings is 1. The Labute approximate surface area is 89.4 Å². The van der Waals surface area contributed by atoms with Crippen LogP contribution in [0.2, 0.25) is 0 Å². The average Bonchev–Trinajstić information content (AvgIpc) is 2.29. The molecule has 0 radical (unpaired) electrons. The molecule has 15 heavy (non-hydrogen) atoms. The lowest BCUT2D eigenvalue weighted by Crippen LogP contribution is -2.34. The van der Waals surface area contributed by atoms with E-state index in [9.17, 15) is 4.79 Å². The van der Waals surface area contributed by atoms with Crippen LogP contribution in [0.15, 0.2) is 24.3 Å². The minimum atomic E-state index is -0.452. The number of anilines is 1. The third-order valence-corrected chi connectivity index (χ3v) is 2.13. The molecule has 0 aliphatic heterocycles. The molecule has 0 aliphatic rings. The fourth-order valence-corrected chi connectivity index (χ4v) is 1.09. The van der Waals surface area contributed by atoms with Crippen molar-refractivity contribution in [3.63, 3.8) is 0 Å². The zero-order valence-corrected chi connectivity index (χ0v) is 8.99. The number of hydrogen-bond donors (Lipinski definition) is 2. The van der Waals surface area contributed by atoms with Gasteiger partial charge in [0, 0.05) is 5.69 Å². The topological polar surface area (TPSA) is 64.4 Å². The van der Waals surface area contributed by atoms with Crippen LogP contribution in [-0.2, 0) is 4.79 Å². The lowest BCUT2D eigenvalue weighted by molar-refractivity contribution is -0.117. The van der Waals surface area contributed by atoms with Crippen molar-refractivity contribution in [2.75, 3.05) is 12.4 Å². The second-order valence-corrected chi connectivity index (χ2v) is 3.23. The van der Waals surface area contributed by atoms with Gasteiger partial charge in [-0.05, 0) is 30.7 Å². The molecule has 1 amide bonds. The number of nitrogens with two attached hydrogens (primary N) is 1. The van der Waals surface area contributed by atoms with E-state index < -0.39 is 6.04 Å². The Morgan fingerprint density at radius 2 is 2.07 bits per heavy atom. The predicted molar refractivity (Wildman–Crippen MR) is 59.9 cm³/mol. The summed E-state index contributed by atoms with van der Waals surface area (Å²) in [5.41, 5.74) is 6.31. The molecule has 0 fully saturated rings. The summed E-state index contributed by atoms with van der Waals surface area (Å²) in [4.78, 5) is 11.4. The molecule has 0 spiro atoms. The Morgan fingerprint density at radius 1 is 1.47 bits per heavy atom. The smallest absolute Gasteiger partial charge is 0.241 e. The molecule has 4 nitrogen and oxygen atoms in total. The van der Waals surface area contributed by atoms with E-state index in [1.807, 2.05) is 6.92 Å². The molecule has 0 bridgehead atoms. The second kappa shape index (κ2) is 5.36. The lowest BCUT2D eigenvalue weighted by atomic mass is 10.2. The van der Waals surface area contributed by atoms with Gasteiger partial charge in [-0.15, -0.1) is 0 Å². The van der Waals surface area contributed by atoms with Crippen molar-refractivity contribution in [3.05, 3.63) is 24.3 Å². The Bertz CT molecular complexity index is 322. The minimum Gasteiger partial charge on any atom is -0.497 e. The molecular weight excluding hydrogens is 192 g/mol. The fraction of sp³-hybridized carbons (Fsp3) is 0.364. The third kappa shape index (κ3) is 3.25. The number of nitrogens with one attached hydrogen (secondary N) is 1. The van der Waals surface area contributed by atoms with Crippen LogP contribution in [0.1, 0.15) is 13.3 Å². The van der Waals surface area contributed by atoms with Crippen molar-refractivity contribution in [3.8, 4) is 5.75 Å². The summed E-state index contributed by atoms with van der Waals surface area (Å²) >= 11 is 0. The van der Waals surface area contributed by atoms with Crippen LogP contribution in [0.3, 0.4) is 0 Å². The van der Waals surface area contributed by atoms with Gasteiger partial charge in [0.05, 0.1) is 13.2 Å². The Kier molecular flexibility index (Phi) is 4.12. The Balaban J connectivity index is 2.61. The first-order chi connectivity index (χ1) is 7.17. The summed E-state index contributed by atoms with van der Waals surface area (Å²) in [6.07, 6.45) is 0.627. The maximum atomic E-state index is 11.4. The maximum Gasteiger partial charge on any atom is 0.241 e. The van der Waals surface area contributed by atoms with E-state index in [4.69, 9.17) is 10.5 Å². The van der Waals surface area contributed by atoms with Gasteiger partial charge < -0.3 is 15.8 Å². The SMILES string of the molecule is CCC(N)C(=O)Nc1ccc(OC)cc1. The van der Waals surface area contributed by atoms with E-state index in [-0.39, 0.29) is 5.91 Å². The van der Waals surface area contributed by atoms with Gasteiger partial charge in [0.2, 0.25) is 5.91 Å². The number of amides is 1. The molecule has 0 aliphatic carbocycles. The highest BCUT2D eigenvalue weighted by Crippen LogP contribution is 2.15. The number of carbonyl (C=O) groups excluding carboxylic acids is 1. The fourth-order valence-electron chi connectivity index (χ4n) is 1.09. The highest BCUT2D eigenvalue weighted by atomic mass is 16.5. The summed E-state index contributed by atoms with van der Waals surface area (Å²) < 4.78 is 5.01. The summed E-state index contributed by atoms with van der Waals surface area (Å²) in [5, 5.41) is 2.72. The van der Waals surface area contributed by atoms with E-state index in [0.717, 1.165) is 11.4 Å². The van der Waals surface area contributed by atoms with Gasteiger partial charge in [0.15, 0.2) is 0 Å². The first kappa shape index (κ1) is 11.5. The van der Waals surface area contributed by atoms with Crippen LogP contribution in [0.25, 0.3) is 0 Å². The van der Waals surface area contributed by atoms with Crippen molar-refractivity contribution in [2.45, 2.75) is 19.4 Å². The van der Waals surface area contributed by atoms with Crippen LogP contribution in [-0.4, -0.2) is 19.1 Å². The molecule has 4 heteroatoms. The molecule has 1 aromatic carbocycles. The average molecular weight is 208 g/mol. The van der Waals surface area contributed by atoms with Gasteiger partial charge in [0.25, 0.3) is 0 Å². The van der Waals surface area contributed by atoms with Crippen molar-refractivity contribution >= 4 is 11.6 Å². The summed E-state index contributed by atoms with van der Waals surface area (Å²) in [6, 6.07) is 6.67. The van der Waals surface area contributed by atoms with E-state index in [0.29, 0.717) is 6.42 Å². The van der Waals surface area contributed by atoms with E-state index in [1.165, 1.54) is 0 Å². The molecule has 0 saturated carbocycles. The number of hydrogen-bond acceptors (Lipinski definition) is 3. The molecular formula is C11H16N2O2. The molecule has 82 valence electrons. The first-order valence-corrected chi connectivity index (χ1v) is 4.88. The zero-order chi connectivity index (χ0) is 11.3. The highest BCUT2D eigenvalue weighted by Gasteiger charge is 2.10. The Morgan fingerprint density at radius 3 is 2.53 bits per heavy atom. The molecule has 0 aromatic heterocycles. The van der Waals surface area contributed by atoms with E-state index in [2.05, 4.69) is 5.32 Å². The van der Waals surface area contributed by atoms with Crippen LogP contribution in [0.5, 0.6) is 5.75 Å². The molecule has 1 atom stereocenters. The summed E-state index contributed by atoms with van der Waals surface area (Å²) in [6.45, 7) is 1.87. The van der Waals surface area contributed by atoms with E-state index >= 15 is 0 Å². The number of carbonyl (C=O) groups is 1. The second-order valence-electron chi connectivity index (χ2n) is 3.23. The van der Waals surface area contributed by atoms with Gasteiger partial charge in [-0.25, -0.2) is 0 Å². The maximum absolute atomic E-state index is 11.4. The molecule has 0 heterocycles. The first-order valence-electron chi connectivity index (χ1n) is 4.88. The molecule has 1 aromatic rings. The molecule has 1 unspecified atom stereocenters. The lowest BCUT2D eigenvalue weighted by Gasteiger charge is -2.10. The van der Waals surface area contributed by atoms with Gasteiger partial charge in [-0.1, -0.05) is 6.92 Å². The monoisotopic (exact) mass is 208 g/mol. The number of methoxy groups -OCH3 is 1. The van der Waals surface area contributed by atoms with Crippen LogP contribution in [0, 0.1) is 0 Å². The van der Waals surface area contributed by atoms with Crippen molar-refractivity contribution < 1.29 is 9.53 Å². The molecule has 0 saturated heterocycles. The summed E-state index contributed by atoms with van der Waals surface area (Å²) in [5.74, 6) is 0.593. The number of ether oxygens (including phenoxy) is 1. The largest absolute Gasteiger partial charge is 0.497 e. The highest BCUT2D eigenvalue weighted by molar-refractivity contribution is 5.94. The minimum absolute atomic E-state index is 0.164. The zero-order valence-electron chi connectivity index (χ0n) is 8.99. The summed E-state index contributed by atoms with van der Waals surface area (Å²) in [7, 11) is 1.60. The number of rotatable bonds is 4. The Hall–Kier alpha value is -1.55. The molecule has 1 rings (SSSR count). The van der Waals surface area contributed by atoms with Crippen LogP contribution >= 0.6 is 0 Å².